The van der Waals surface area contributed by atoms with E-state index < -0.39 is 0 Å². The van der Waals surface area contributed by atoms with Gasteiger partial charge in [-0.15, -0.1) is 11.8 Å². The maximum Gasteiger partial charge on any atom is 0.236 e. The van der Waals surface area contributed by atoms with Gasteiger partial charge in [-0.05, 0) is 43.9 Å². The Labute approximate surface area is 165 Å². The number of carbonyl (C=O) groups excluding carboxylic acids is 2. The molecule has 1 heterocycles. The van der Waals surface area contributed by atoms with Gasteiger partial charge >= 0.3 is 0 Å². The Hall–Kier alpha value is -1.89. The number of methoxy groups -OCH3 is 2. The number of rotatable bonds is 8. The van der Waals surface area contributed by atoms with E-state index in [-0.39, 0.29) is 28.4 Å². The van der Waals surface area contributed by atoms with Crippen LogP contribution in [0.2, 0.25) is 0 Å². The second kappa shape index (κ2) is 8.42. The molecule has 0 bridgehead atoms. The summed E-state index contributed by atoms with van der Waals surface area (Å²) in [5.41, 5.74) is 1.03. The normalized spacial score (nSPS) is 22.1. The Morgan fingerprint density at radius 3 is 2.59 bits per heavy atom. The van der Waals surface area contributed by atoms with Crippen molar-refractivity contribution in [3.05, 3.63) is 23.8 Å². The highest BCUT2D eigenvalue weighted by atomic mass is 32.2. The van der Waals surface area contributed by atoms with Crippen LogP contribution in [0, 0.1) is 5.92 Å². The number of nitrogens with zero attached hydrogens (tertiary/aromatic N) is 2. The Kier molecular flexibility index (Phi) is 6.19. The average Bonchev–Trinajstić information content (AvgIpc) is 3.49. The third kappa shape index (κ3) is 4.34. The van der Waals surface area contributed by atoms with Crippen LogP contribution in [0.5, 0.6) is 11.5 Å². The number of hydrogen-bond donors (Lipinski definition) is 0. The number of ether oxygens (including phenoxy) is 2. The van der Waals surface area contributed by atoms with Crippen LogP contribution in [0.4, 0.5) is 0 Å². The molecular weight excluding hydrogens is 364 g/mol. The lowest BCUT2D eigenvalue weighted by atomic mass is 10.1. The molecule has 0 spiro atoms. The highest BCUT2D eigenvalue weighted by Gasteiger charge is 2.38. The van der Waals surface area contributed by atoms with Gasteiger partial charge in [-0.3, -0.25) is 9.59 Å². The zero-order valence-corrected chi connectivity index (χ0v) is 17.3. The van der Waals surface area contributed by atoms with E-state index in [2.05, 4.69) is 0 Å². The van der Waals surface area contributed by atoms with Gasteiger partial charge in [-0.2, -0.15) is 0 Å². The standard InChI is InChI=1S/C20H28N2O4S/c1-13-18(23)22(11-5-10-21(2)19(24)14-6-7-14)20(27-13)15-8-9-16(25-3)17(12-15)26-4/h8-9,12-14,20H,5-7,10-11H2,1-4H3. The third-order valence-corrected chi connectivity index (χ3v) is 6.53. The minimum atomic E-state index is -0.0751. The molecule has 27 heavy (non-hydrogen) atoms. The highest BCUT2D eigenvalue weighted by molar-refractivity contribution is 8.01. The predicted octanol–water partition coefficient (Wildman–Crippen LogP) is 2.92. The summed E-state index contributed by atoms with van der Waals surface area (Å²) in [6, 6.07) is 5.81. The molecule has 2 amide bonds. The Bertz CT molecular complexity index is 707. The van der Waals surface area contributed by atoms with Crippen molar-refractivity contribution in [1.29, 1.82) is 0 Å². The van der Waals surface area contributed by atoms with E-state index >= 15 is 0 Å². The summed E-state index contributed by atoms with van der Waals surface area (Å²) in [6.07, 6.45) is 2.81. The van der Waals surface area contributed by atoms with Crippen molar-refractivity contribution in [1.82, 2.24) is 9.80 Å². The average molecular weight is 393 g/mol. The highest BCUT2D eigenvalue weighted by Crippen LogP contribution is 2.44. The minimum absolute atomic E-state index is 0.0447. The molecule has 2 fully saturated rings. The Morgan fingerprint density at radius 2 is 1.96 bits per heavy atom. The minimum Gasteiger partial charge on any atom is -0.493 e. The van der Waals surface area contributed by atoms with Crippen molar-refractivity contribution < 1.29 is 19.1 Å². The first-order valence-electron chi connectivity index (χ1n) is 9.39. The summed E-state index contributed by atoms with van der Waals surface area (Å²) >= 11 is 1.65. The van der Waals surface area contributed by atoms with Crippen LogP contribution >= 0.6 is 11.8 Å². The van der Waals surface area contributed by atoms with E-state index in [1.807, 2.05) is 37.1 Å². The molecule has 7 heteroatoms. The molecule has 1 aromatic carbocycles. The molecule has 148 valence electrons. The smallest absolute Gasteiger partial charge is 0.236 e. The fraction of sp³-hybridized carbons (Fsp3) is 0.600. The van der Waals surface area contributed by atoms with Crippen LogP contribution in [-0.4, -0.2) is 61.2 Å². The fourth-order valence-corrected chi connectivity index (χ4v) is 4.70. The number of carbonyl (C=O) groups is 2. The summed E-state index contributed by atoms with van der Waals surface area (Å²) in [4.78, 5) is 28.5. The molecule has 1 aliphatic carbocycles. The van der Waals surface area contributed by atoms with Gasteiger partial charge in [0.25, 0.3) is 0 Å². The van der Waals surface area contributed by atoms with Crippen molar-refractivity contribution in [3.8, 4) is 11.5 Å². The van der Waals surface area contributed by atoms with Gasteiger partial charge in [0, 0.05) is 26.1 Å². The van der Waals surface area contributed by atoms with E-state index in [9.17, 15) is 9.59 Å². The number of benzene rings is 1. The van der Waals surface area contributed by atoms with E-state index in [1.165, 1.54) is 0 Å². The van der Waals surface area contributed by atoms with Crippen molar-refractivity contribution in [3.63, 3.8) is 0 Å². The van der Waals surface area contributed by atoms with Gasteiger partial charge in [0.1, 0.15) is 5.37 Å². The van der Waals surface area contributed by atoms with Gasteiger partial charge in [-0.1, -0.05) is 6.07 Å². The van der Waals surface area contributed by atoms with Crippen LogP contribution in [0.3, 0.4) is 0 Å². The molecule has 0 radical (unpaired) electrons. The molecule has 3 rings (SSSR count). The van der Waals surface area contributed by atoms with Gasteiger partial charge in [0.2, 0.25) is 11.8 Å². The van der Waals surface area contributed by atoms with Crippen molar-refractivity contribution in [2.45, 2.75) is 36.8 Å². The van der Waals surface area contributed by atoms with E-state index in [0.29, 0.717) is 24.6 Å². The predicted molar refractivity (Wildman–Crippen MR) is 106 cm³/mol. The molecule has 0 N–H and O–H groups in total. The zero-order chi connectivity index (χ0) is 19.6. The number of thioether (sulfide) groups is 1. The first kappa shape index (κ1) is 19.9. The zero-order valence-electron chi connectivity index (χ0n) is 16.4. The topological polar surface area (TPSA) is 59.1 Å². The summed E-state index contributed by atoms with van der Waals surface area (Å²) in [5.74, 6) is 1.96. The lowest BCUT2D eigenvalue weighted by Crippen LogP contribution is -2.35. The van der Waals surface area contributed by atoms with Crippen molar-refractivity contribution in [2.75, 3.05) is 34.4 Å². The molecule has 2 unspecified atom stereocenters. The van der Waals surface area contributed by atoms with Crippen LogP contribution < -0.4 is 9.47 Å². The molecular formula is C20H28N2O4S. The summed E-state index contributed by atoms with van der Waals surface area (Å²) in [7, 11) is 5.08. The quantitative estimate of drug-likeness (QED) is 0.681. The van der Waals surface area contributed by atoms with Gasteiger partial charge in [0.15, 0.2) is 11.5 Å². The van der Waals surface area contributed by atoms with Gasteiger partial charge < -0.3 is 19.3 Å². The van der Waals surface area contributed by atoms with Crippen molar-refractivity contribution in [2.24, 2.45) is 5.92 Å². The second-order valence-electron chi connectivity index (χ2n) is 7.16. The van der Waals surface area contributed by atoms with E-state index in [1.54, 1.807) is 30.9 Å². The molecule has 0 aromatic heterocycles. The number of amides is 2. The summed E-state index contributed by atoms with van der Waals surface area (Å²) < 4.78 is 10.7. The molecule has 1 aromatic rings. The molecule has 1 saturated heterocycles. The Morgan fingerprint density at radius 1 is 1.26 bits per heavy atom. The molecule has 1 aliphatic heterocycles. The molecule has 2 atom stereocenters. The van der Waals surface area contributed by atoms with Crippen LogP contribution in [0.1, 0.15) is 37.1 Å². The van der Waals surface area contributed by atoms with Crippen LogP contribution in [0.25, 0.3) is 0 Å². The first-order chi connectivity index (χ1) is 13.0. The van der Waals surface area contributed by atoms with Crippen LogP contribution in [0.15, 0.2) is 18.2 Å². The molecule has 6 nitrogen and oxygen atoms in total. The largest absolute Gasteiger partial charge is 0.493 e. The third-order valence-electron chi connectivity index (χ3n) is 5.14. The first-order valence-corrected chi connectivity index (χ1v) is 10.3. The number of hydrogen-bond acceptors (Lipinski definition) is 5. The summed E-state index contributed by atoms with van der Waals surface area (Å²) in [5, 5.41) is -0.120. The maximum atomic E-state index is 12.7. The van der Waals surface area contributed by atoms with E-state index in [0.717, 1.165) is 24.8 Å². The molecule has 1 saturated carbocycles. The lowest BCUT2D eigenvalue weighted by Gasteiger charge is -2.26. The van der Waals surface area contributed by atoms with Gasteiger partial charge in [-0.25, -0.2) is 0 Å². The van der Waals surface area contributed by atoms with Crippen LogP contribution in [-0.2, 0) is 9.59 Å². The SMILES string of the molecule is COc1ccc(C2SC(C)C(=O)N2CCCN(C)C(=O)C2CC2)cc1OC. The lowest BCUT2D eigenvalue weighted by molar-refractivity contribution is -0.131. The fourth-order valence-electron chi connectivity index (χ4n) is 3.40. The van der Waals surface area contributed by atoms with Gasteiger partial charge in [0.05, 0.1) is 19.5 Å². The second-order valence-corrected chi connectivity index (χ2v) is 8.59. The maximum absolute atomic E-state index is 12.7. The summed E-state index contributed by atoms with van der Waals surface area (Å²) in [6.45, 7) is 3.26. The monoisotopic (exact) mass is 392 g/mol. The van der Waals surface area contributed by atoms with E-state index in [4.69, 9.17) is 9.47 Å². The Balaban J connectivity index is 1.66. The molecule has 2 aliphatic rings. The van der Waals surface area contributed by atoms with Crippen molar-refractivity contribution >= 4 is 23.6 Å².